The van der Waals surface area contributed by atoms with Gasteiger partial charge in [-0.3, -0.25) is 14.9 Å². The number of carbonyl (C=O) groups excluding carboxylic acids is 2. The molecule has 0 saturated carbocycles. The van der Waals surface area contributed by atoms with Crippen LogP contribution < -0.4 is 5.32 Å². The minimum absolute atomic E-state index is 0.105. The van der Waals surface area contributed by atoms with Gasteiger partial charge in [0, 0.05) is 0 Å². The molecule has 0 radical (unpaired) electrons. The fourth-order valence-electron chi connectivity index (χ4n) is 1.26. The topological polar surface area (TPSA) is 83.5 Å². The van der Waals surface area contributed by atoms with Crippen molar-refractivity contribution < 1.29 is 18.4 Å². The maximum atomic E-state index is 11.1. The van der Waals surface area contributed by atoms with E-state index in [1.165, 1.54) is 18.2 Å². The number of nitrogens with one attached hydrogen (secondary N) is 1. The molecule has 1 aromatic rings. The van der Waals surface area contributed by atoms with Crippen molar-refractivity contribution in [3.8, 4) is 0 Å². The van der Waals surface area contributed by atoms with Crippen molar-refractivity contribution in [1.82, 2.24) is 5.32 Å². The number of amides is 2. The third-order valence-electron chi connectivity index (χ3n) is 1.91. The highest BCUT2D eigenvalue weighted by Crippen LogP contribution is 2.18. The molecular weight excluding hydrogens is 206 g/mol. The highest BCUT2D eigenvalue weighted by atomic mass is 32.2. The van der Waals surface area contributed by atoms with Crippen LogP contribution in [-0.4, -0.2) is 20.6 Å². The fourth-order valence-corrected chi connectivity index (χ4v) is 1.66. The van der Waals surface area contributed by atoms with E-state index in [4.69, 9.17) is 4.55 Å². The quantitative estimate of drug-likeness (QED) is 0.511. The van der Waals surface area contributed by atoms with E-state index in [1.807, 2.05) is 0 Å². The van der Waals surface area contributed by atoms with Gasteiger partial charge in [0.15, 0.2) is 11.1 Å². The highest BCUT2D eigenvalue weighted by molar-refractivity contribution is 7.79. The van der Waals surface area contributed by atoms with Crippen molar-refractivity contribution in [1.29, 1.82) is 0 Å². The number of benzene rings is 1. The average Bonchev–Trinajstić information content (AvgIpc) is 2.42. The smallest absolute Gasteiger partial charge is 0.258 e. The van der Waals surface area contributed by atoms with E-state index >= 15 is 0 Å². The standard InChI is InChI=1S/C8H5NO4S/c10-7-5-2-1-4(14(12)13)3-6(5)8(11)9-7/h1-3H,(H,12,13)(H,9,10,11). The summed E-state index contributed by atoms with van der Waals surface area (Å²) in [5.41, 5.74) is 0.388. The summed E-state index contributed by atoms with van der Waals surface area (Å²) >= 11 is -2.14. The predicted molar refractivity (Wildman–Crippen MR) is 47.3 cm³/mol. The van der Waals surface area contributed by atoms with Crippen LogP contribution in [0.15, 0.2) is 23.1 Å². The molecule has 14 heavy (non-hydrogen) atoms. The van der Waals surface area contributed by atoms with Crippen molar-refractivity contribution in [3.05, 3.63) is 29.3 Å². The van der Waals surface area contributed by atoms with E-state index in [0.29, 0.717) is 0 Å². The summed E-state index contributed by atoms with van der Waals surface area (Å²) < 4.78 is 19.4. The van der Waals surface area contributed by atoms with Crippen LogP contribution >= 0.6 is 0 Å². The van der Waals surface area contributed by atoms with Gasteiger partial charge in [0.25, 0.3) is 11.8 Å². The summed E-state index contributed by atoms with van der Waals surface area (Å²) in [7, 11) is 0. The molecule has 0 fully saturated rings. The zero-order chi connectivity index (χ0) is 10.3. The van der Waals surface area contributed by atoms with Crippen LogP contribution in [0.25, 0.3) is 0 Å². The van der Waals surface area contributed by atoms with Crippen LogP contribution in [-0.2, 0) is 11.1 Å². The predicted octanol–water partition coefficient (Wildman–Crippen LogP) is 0.151. The first-order valence-corrected chi connectivity index (χ1v) is 4.81. The Kier molecular flexibility index (Phi) is 1.94. The van der Waals surface area contributed by atoms with Crippen LogP contribution in [0, 0.1) is 0 Å². The first-order valence-electron chi connectivity index (χ1n) is 3.70. The Morgan fingerprint density at radius 2 is 1.79 bits per heavy atom. The van der Waals surface area contributed by atoms with E-state index in [1.54, 1.807) is 0 Å². The molecule has 2 N–H and O–H groups in total. The normalized spacial score (nSPS) is 16.4. The molecule has 1 aliphatic rings. The second-order valence-electron chi connectivity index (χ2n) is 2.74. The number of rotatable bonds is 1. The zero-order valence-electron chi connectivity index (χ0n) is 6.81. The minimum atomic E-state index is -2.14. The molecule has 0 saturated heterocycles. The third-order valence-corrected chi connectivity index (χ3v) is 2.57. The van der Waals surface area contributed by atoms with Crippen molar-refractivity contribution >= 4 is 22.9 Å². The second kappa shape index (κ2) is 3.00. The van der Waals surface area contributed by atoms with E-state index in [9.17, 15) is 13.8 Å². The molecule has 72 valence electrons. The fraction of sp³-hybridized carbons (Fsp3) is 0. The van der Waals surface area contributed by atoms with Crippen LogP contribution in [0.1, 0.15) is 20.7 Å². The van der Waals surface area contributed by atoms with Gasteiger partial charge in [-0.1, -0.05) is 0 Å². The lowest BCUT2D eigenvalue weighted by molar-refractivity contribution is 0.0879. The van der Waals surface area contributed by atoms with Crippen molar-refractivity contribution in [2.24, 2.45) is 0 Å². The molecule has 1 unspecified atom stereocenters. The first-order chi connectivity index (χ1) is 6.59. The molecule has 0 bridgehead atoms. The summed E-state index contributed by atoms with van der Waals surface area (Å²) in [5.74, 6) is -1.00. The Morgan fingerprint density at radius 1 is 1.14 bits per heavy atom. The summed E-state index contributed by atoms with van der Waals surface area (Å²) in [4.78, 5) is 22.3. The van der Waals surface area contributed by atoms with Crippen LogP contribution in [0.2, 0.25) is 0 Å². The maximum absolute atomic E-state index is 11.1. The molecule has 5 nitrogen and oxygen atoms in total. The number of fused-ring (bicyclic) bond motifs is 1. The SMILES string of the molecule is O=C1NC(=O)c2cc(S(=O)O)ccc21. The van der Waals surface area contributed by atoms with Crippen LogP contribution in [0.5, 0.6) is 0 Å². The number of imide groups is 1. The molecular formula is C8H5NO4S. The average molecular weight is 211 g/mol. The number of hydrogen-bond donors (Lipinski definition) is 2. The molecule has 1 heterocycles. The van der Waals surface area contributed by atoms with Gasteiger partial charge in [-0.15, -0.1) is 0 Å². The van der Waals surface area contributed by atoms with Gasteiger partial charge >= 0.3 is 0 Å². The van der Waals surface area contributed by atoms with E-state index in [2.05, 4.69) is 5.32 Å². The third kappa shape index (κ3) is 1.24. The Labute approximate surface area is 81.4 Å². The number of hydrogen-bond acceptors (Lipinski definition) is 3. The van der Waals surface area contributed by atoms with Crippen LogP contribution in [0.3, 0.4) is 0 Å². The Hall–Kier alpha value is -1.53. The molecule has 2 rings (SSSR count). The van der Waals surface area contributed by atoms with Gasteiger partial charge in [0.2, 0.25) is 0 Å². The van der Waals surface area contributed by atoms with Gasteiger partial charge in [-0.2, -0.15) is 0 Å². The summed E-state index contributed by atoms with van der Waals surface area (Å²) in [6.07, 6.45) is 0. The van der Waals surface area contributed by atoms with E-state index < -0.39 is 22.9 Å². The molecule has 0 spiro atoms. The zero-order valence-corrected chi connectivity index (χ0v) is 7.63. The summed E-state index contributed by atoms with van der Waals surface area (Å²) in [5, 5.41) is 2.09. The monoisotopic (exact) mass is 211 g/mol. The minimum Gasteiger partial charge on any atom is -0.302 e. The molecule has 1 aromatic carbocycles. The lowest BCUT2D eigenvalue weighted by atomic mass is 10.1. The molecule has 2 amide bonds. The Morgan fingerprint density at radius 3 is 2.43 bits per heavy atom. The van der Waals surface area contributed by atoms with E-state index in [-0.39, 0.29) is 16.0 Å². The van der Waals surface area contributed by atoms with Gasteiger partial charge in [-0.05, 0) is 18.2 Å². The van der Waals surface area contributed by atoms with Crippen molar-refractivity contribution in [2.45, 2.75) is 4.90 Å². The van der Waals surface area contributed by atoms with Crippen molar-refractivity contribution in [3.63, 3.8) is 0 Å². The molecule has 1 aliphatic heterocycles. The largest absolute Gasteiger partial charge is 0.302 e. The number of carbonyl (C=O) groups is 2. The van der Waals surface area contributed by atoms with E-state index in [0.717, 1.165) is 0 Å². The summed E-state index contributed by atoms with van der Waals surface area (Å²) in [6.45, 7) is 0. The van der Waals surface area contributed by atoms with Gasteiger partial charge < -0.3 is 4.55 Å². The Bertz CT molecular complexity index is 468. The molecule has 6 heteroatoms. The summed E-state index contributed by atoms with van der Waals surface area (Å²) in [6, 6.07) is 3.94. The molecule has 1 atom stereocenters. The molecule has 0 aliphatic carbocycles. The maximum Gasteiger partial charge on any atom is 0.258 e. The lowest BCUT2D eigenvalue weighted by Crippen LogP contribution is -2.19. The van der Waals surface area contributed by atoms with Crippen molar-refractivity contribution in [2.75, 3.05) is 0 Å². The van der Waals surface area contributed by atoms with Gasteiger partial charge in [-0.25, -0.2) is 4.21 Å². The Balaban J connectivity index is 2.61. The van der Waals surface area contributed by atoms with Crippen LogP contribution in [0.4, 0.5) is 0 Å². The molecule has 0 aromatic heterocycles. The lowest BCUT2D eigenvalue weighted by Gasteiger charge is -1.96. The van der Waals surface area contributed by atoms with Gasteiger partial charge in [0.1, 0.15) is 0 Å². The first kappa shape index (κ1) is 9.04. The second-order valence-corrected chi connectivity index (χ2v) is 3.71. The van der Waals surface area contributed by atoms with Gasteiger partial charge in [0.05, 0.1) is 16.0 Å². The highest BCUT2D eigenvalue weighted by Gasteiger charge is 2.27.